The topological polar surface area (TPSA) is 29.5 Å². The number of fused-ring (bicyclic) bond motifs is 2. The molecule has 114 valence electrons. The number of carbonyl (C=O) groups is 1. The van der Waals surface area contributed by atoms with Crippen molar-refractivity contribution < 1.29 is 13.9 Å². The molecular weight excluding hydrogens is 269 g/mol. The van der Waals surface area contributed by atoms with Crippen LogP contribution in [0, 0.1) is 12.8 Å². The van der Waals surface area contributed by atoms with Crippen molar-refractivity contribution in [3.05, 3.63) is 35.4 Å². The standard InChI is InChI=1S/C17H22FNO2/c1-11-3-5-12(6-4-11)14-9-13-7-8-15(19(13)10-18)16(14)17(20)21-2/h3-6,13-16H,7-10H2,1-2H3. The van der Waals surface area contributed by atoms with Gasteiger partial charge in [-0.1, -0.05) is 29.8 Å². The highest BCUT2D eigenvalue weighted by molar-refractivity contribution is 5.75. The lowest BCUT2D eigenvalue weighted by Gasteiger charge is -2.42. The van der Waals surface area contributed by atoms with Gasteiger partial charge in [0.25, 0.3) is 0 Å². The Hall–Kier alpha value is -1.42. The van der Waals surface area contributed by atoms with Crippen molar-refractivity contribution in [3.63, 3.8) is 0 Å². The van der Waals surface area contributed by atoms with Crippen molar-refractivity contribution >= 4 is 5.97 Å². The predicted octanol–water partition coefficient (Wildman–Crippen LogP) is 3.03. The number of carbonyl (C=O) groups excluding carboxylic acids is 1. The molecule has 2 aliphatic heterocycles. The number of esters is 1. The van der Waals surface area contributed by atoms with Crippen LogP contribution in [0.15, 0.2) is 24.3 Å². The SMILES string of the molecule is COC(=O)C1C(c2ccc(C)cc2)CC2CCC1N2CF. The van der Waals surface area contributed by atoms with Crippen molar-refractivity contribution in [3.8, 4) is 0 Å². The van der Waals surface area contributed by atoms with Gasteiger partial charge in [0, 0.05) is 18.0 Å². The van der Waals surface area contributed by atoms with Gasteiger partial charge in [-0.3, -0.25) is 9.69 Å². The lowest BCUT2D eigenvalue weighted by Crippen LogP contribution is -2.50. The molecule has 0 amide bonds. The summed E-state index contributed by atoms with van der Waals surface area (Å²) >= 11 is 0. The molecule has 0 spiro atoms. The number of hydrogen-bond acceptors (Lipinski definition) is 3. The molecule has 1 aromatic rings. The van der Waals surface area contributed by atoms with Gasteiger partial charge in [0.1, 0.15) is 6.80 Å². The van der Waals surface area contributed by atoms with Gasteiger partial charge in [-0.05, 0) is 31.7 Å². The van der Waals surface area contributed by atoms with Crippen LogP contribution in [0.5, 0.6) is 0 Å². The Kier molecular flexibility index (Phi) is 3.98. The molecule has 0 radical (unpaired) electrons. The number of hydrogen-bond donors (Lipinski definition) is 0. The third kappa shape index (κ3) is 2.46. The number of ether oxygens (including phenoxy) is 1. The van der Waals surface area contributed by atoms with Gasteiger partial charge in [-0.15, -0.1) is 0 Å². The Balaban J connectivity index is 1.95. The highest BCUT2D eigenvalue weighted by Gasteiger charge is 2.50. The molecule has 2 saturated heterocycles. The predicted molar refractivity (Wildman–Crippen MR) is 78.7 cm³/mol. The van der Waals surface area contributed by atoms with Gasteiger partial charge in [-0.2, -0.15) is 0 Å². The fraction of sp³-hybridized carbons (Fsp3) is 0.588. The molecule has 0 N–H and O–H groups in total. The maximum absolute atomic E-state index is 13.3. The minimum Gasteiger partial charge on any atom is -0.469 e. The Bertz CT molecular complexity index is 516. The van der Waals surface area contributed by atoms with Crippen molar-refractivity contribution in [2.75, 3.05) is 13.9 Å². The van der Waals surface area contributed by atoms with Crippen LogP contribution in [0.25, 0.3) is 0 Å². The summed E-state index contributed by atoms with van der Waals surface area (Å²) in [4.78, 5) is 14.1. The first-order chi connectivity index (χ1) is 10.2. The molecule has 2 heterocycles. The molecule has 0 aromatic heterocycles. The minimum atomic E-state index is -0.469. The first kappa shape index (κ1) is 14.5. The molecule has 1 aromatic carbocycles. The maximum atomic E-state index is 13.3. The second-order valence-corrected chi connectivity index (χ2v) is 6.23. The Morgan fingerprint density at radius 1 is 1.33 bits per heavy atom. The van der Waals surface area contributed by atoms with Crippen molar-refractivity contribution in [2.24, 2.45) is 5.92 Å². The van der Waals surface area contributed by atoms with Crippen LogP contribution in [0.3, 0.4) is 0 Å². The van der Waals surface area contributed by atoms with E-state index in [0.717, 1.165) is 19.3 Å². The van der Waals surface area contributed by atoms with Crippen LogP contribution in [0.1, 0.15) is 36.3 Å². The van der Waals surface area contributed by atoms with Crippen LogP contribution >= 0.6 is 0 Å². The number of methoxy groups -OCH3 is 1. The van der Waals surface area contributed by atoms with Crippen LogP contribution < -0.4 is 0 Å². The van der Waals surface area contributed by atoms with Gasteiger partial charge >= 0.3 is 5.97 Å². The third-order valence-corrected chi connectivity index (χ3v) is 5.18. The fourth-order valence-corrected chi connectivity index (χ4v) is 4.11. The van der Waals surface area contributed by atoms with E-state index in [4.69, 9.17) is 4.74 Å². The van der Waals surface area contributed by atoms with E-state index in [9.17, 15) is 9.18 Å². The molecule has 4 heteroatoms. The van der Waals surface area contributed by atoms with E-state index in [1.54, 1.807) is 0 Å². The van der Waals surface area contributed by atoms with E-state index in [1.807, 2.05) is 4.90 Å². The number of benzene rings is 1. The van der Waals surface area contributed by atoms with Crippen LogP contribution in [-0.2, 0) is 9.53 Å². The van der Waals surface area contributed by atoms with Crippen molar-refractivity contribution in [2.45, 2.75) is 44.2 Å². The number of piperidine rings is 1. The van der Waals surface area contributed by atoms with E-state index in [1.165, 1.54) is 18.2 Å². The average molecular weight is 291 g/mol. The maximum Gasteiger partial charge on any atom is 0.310 e. The minimum absolute atomic E-state index is 0.0208. The Morgan fingerprint density at radius 3 is 2.67 bits per heavy atom. The van der Waals surface area contributed by atoms with Crippen LogP contribution in [-0.4, -0.2) is 36.9 Å². The third-order valence-electron chi connectivity index (χ3n) is 5.18. The van der Waals surface area contributed by atoms with Gasteiger partial charge in [-0.25, -0.2) is 4.39 Å². The van der Waals surface area contributed by atoms with E-state index in [2.05, 4.69) is 31.2 Å². The summed E-state index contributed by atoms with van der Waals surface area (Å²) in [5.74, 6) is -0.324. The Morgan fingerprint density at radius 2 is 2.05 bits per heavy atom. The van der Waals surface area contributed by atoms with Crippen molar-refractivity contribution in [1.82, 2.24) is 4.90 Å². The average Bonchev–Trinajstić information content (AvgIpc) is 2.80. The second kappa shape index (κ2) is 5.76. The summed E-state index contributed by atoms with van der Waals surface area (Å²) in [6, 6.07) is 8.58. The zero-order valence-corrected chi connectivity index (χ0v) is 12.6. The molecule has 2 aliphatic rings. The second-order valence-electron chi connectivity index (χ2n) is 6.23. The first-order valence-electron chi connectivity index (χ1n) is 7.61. The lowest BCUT2D eigenvalue weighted by atomic mass is 9.76. The summed E-state index contributed by atoms with van der Waals surface area (Å²) < 4.78 is 18.3. The van der Waals surface area contributed by atoms with Gasteiger partial charge in [0.2, 0.25) is 0 Å². The largest absolute Gasteiger partial charge is 0.469 e. The molecule has 21 heavy (non-hydrogen) atoms. The van der Waals surface area contributed by atoms with E-state index < -0.39 is 6.80 Å². The first-order valence-corrected chi connectivity index (χ1v) is 7.61. The molecule has 4 unspecified atom stereocenters. The summed E-state index contributed by atoms with van der Waals surface area (Å²) in [7, 11) is 1.43. The van der Waals surface area contributed by atoms with E-state index in [0.29, 0.717) is 0 Å². The van der Waals surface area contributed by atoms with Gasteiger partial charge in [0.05, 0.1) is 13.0 Å². The Labute approximate surface area is 125 Å². The molecular formula is C17H22FNO2. The number of rotatable bonds is 3. The van der Waals surface area contributed by atoms with Gasteiger partial charge < -0.3 is 4.74 Å². The quantitative estimate of drug-likeness (QED) is 0.633. The monoisotopic (exact) mass is 291 g/mol. The zero-order chi connectivity index (χ0) is 15.0. The molecule has 3 rings (SSSR count). The van der Waals surface area contributed by atoms with Crippen LogP contribution in [0.2, 0.25) is 0 Å². The fourth-order valence-electron chi connectivity index (χ4n) is 4.11. The molecule has 4 atom stereocenters. The van der Waals surface area contributed by atoms with Gasteiger partial charge in [0.15, 0.2) is 0 Å². The normalized spacial score (nSPS) is 32.1. The van der Waals surface area contributed by atoms with E-state index >= 15 is 0 Å². The van der Waals surface area contributed by atoms with E-state index in [-0.39, 0.29) is 29.9 Å². The molecule has 2 fully saturated rings. The zero-order valence-electron chi connectivity index (χ0n) is 12.6. The highest BCUT2D eigenvalue weighted by atomic mass is 19.1. The molecule has 0 saturated carbocycles. The molecule has 0 aliphatic carbocycles. The molecule has 2 bridgehead atoms. The number of halogens is 1. The summed E-state index contributed by atoms with van der Waals surface area (Å²) in [6.07, 6.45) is 2.70. The lowest BCUT2D eigenvalue weighted by molar-refractivity contribution is -0.151. The smallest absolute Gasteiger partial charge is 0.310 e. The summed E-state index contributed by atoms with van der Waals surface area (Å²) in [5.41, 5.74) is 2.38. The number of aryl methyl sites for hydroxylation is 1. The summed E-state index contributed by atoms with van der Waals surface area (Å²) in [5, 5.41) is 0. The summed E-state index contributed by atoms with van der Waals surface area (Å²) in [6.45, 7) is 1.58. The van der Waals surface area contributed by atoms with Crippen molar-refractivity contribution in [1.29, 1.82) is 0 Å². The molecule has 3 nitrogen and oxygen atoms in total. The number of nitrogens with zero attached hydrogens (tertiary/aromatic N) is 1. The number of alkyl halides is 1. The highest BCUT2D eigenvalue weighted by Crippen LogP contribution is 2.47. The van der Waals surface area contributed by atoms with Crippen LogP contribution in [0.4, 0.5) is 4.39 Å².